The molecule has 78 valence electrons. The smallest absolute Gasteiger partial charge is 0.108 e. The summed E-state index contributed by atoms with van der Waals surface area (Å²) in [6.45, 7) is 4.61. The summed E-state index contributed by atoms with van der Waals surface area (Å²) in [5.74, 6) is 0. The van der Waals surface area contributed by atoms with Crippen molar-refractivity contribution in [3.05, 3.63) is 0 Å². The Morgan fingerprint density at radius 2 is 1.92 bits per heavy atom. The summed E-state index contributed by atoms with van der Waals surface area (Å²) in [5.41, 5.74) is 2.71. The largest absolute Gasteiger partial charge is 0.337 e. The molecular formula is C10H25NSi2. The van der Waals surface area contributed by atoms with Gasteiger partial charge in [0.2, 0.25) is 0 Å². The summed E-state index contributed by atoms with van der Waals surface area (Å²) in [4.78, 5) is 3.87. The molecule has 1 N–H and O–H groups in total. The van der Waals surface area contributed by atoms with E-state index in [1.54, 1.807) is 18.5 Å². The fraction of sp³-hybridized carbons (Fsp3) is 1.00. The molecule has 0 radical (unpaired) electrons. The Labute approximate surface area is 87.8 Å². The molecule has 1 fully saturated rings. The van der Waals surface area contributed by atoms with E-state index < -0.39 is 8.96 Å². The van der Waals surface area contributed by atoms with Gasteiger partial charge in [-0.25, -0.2) is 0 Å². The Hall–Kier alpha value is 0.394. The molecule has 0 aromatic carbocycles. The summed E-state index contributed by atoms with van der Waals surface area (Å²) in [6, 6.07) is 0.729. The first-order chi connectivity index (χ1) is 6.24. The zero-order valence-corrected chi connectivity index (χ0v) is 12.6. The van der Waals surface area contributed by atoms with Crippen LogP contribution in [0, 0.1) is 0 Å². The maximum Gasteiger partial charge on any atom is 0.108 e. The van der Waals surface area contributed by atoms with Crippen LogP contribution < -0.4 is 4.98 Å². The minimum atomic E-state index is -0.540. The van der Waals surface area contributed by atoms with Crippen molar-refractivity contribution < 1.29 is 0 Å². The molecule has 0 spiro atoms. The van der Waals surface area contributed by atoms with E-state index in [0.717, 1.165) is 11.6 Å². The molecular weight excluding hydrogens is 190 g/mol. The molecule has 1 aliphatic carbocycles. The SMILES string of the molecule is CC(C)N[SiH](C[SiH3])C1CCCCC1. The first kappa shape index (κ1) is 11.5. The van der Waals surface area contributed by atoms with Gasteiger partial charge in [0.1, 0.15) is 8.96 Å². The van der Waals surface area contributed by atoms with E-state index in [9.17, 15) is 0 Å². The van der Waals surface area contributed by atoms with Crippen molar-refractivity contribution in [2.45, 2.75) is 63.2 Å². The van der Waals surface area contributed by atoms with Crippen LogP contribution >= 0.6 is 0 Å². The van der Waals surface area contributed by atoms with Gasteiger partial charge < -0.3 is 4.98 Å². The van der Waals surface area contributed by atoms with Crippen molar-refractivity contribution in [2.24, 2.45) is 0 Å². The van der Waals surface area contributed by atoms with Gasteiger partial charge in [-0.1, -0.05) is 51.6 Å². The van der Waals surface area contributed by atoms with Gasteiger partial charge in [-0.3, -0.25) is 0 Å². The summed E-state index contributed by atoms with van der Waals surface area (Å²) < 4.78 is 0. The standard InChI is InChI=1S/C10H25NSi2/c1-9(2)11-13(8-12)10-6-4-3-5-7-10/h9-11,13H,3-8H2,1-2,12H3. The molecule has 1 atom stereocenters. The molecule has 3 heteroatoms. The van der Waals surface area contributed by atoms with Gasteiger partial charge in [0.05, 0.1) is 0 Å². The molecule has 13 heavy (non-hydrogen) atoms. The van der Waals surface area contributed by atoms with Crippen LogP contribution in [0.2, 0.25) is 11.2 Å². The number of hydrogen-bond acceptors (Lipinski definition) is 1. The van der Waals surface area contributed by atoms with Gasteiger partial charge >= 0.3 is 0 Å². The third-order valence-corrected chi connectivity index (χ3v) is 9.62. The van der Waals surface area contributed by atoms with E-state index in [0.29, 0.717) is 0 Å². The molecule has 1 nitrogen and oxygen atoms in total. The molecule has 1 unspecified atom stereocenters. The Kier molecular flexibility index (Phi) is 5.28. The van der Waals surface area contributed by atoms with E-state index in [1.807, 2.05) is 0 Å². The van der Waals surface area contributed by atoms with Crippen LogP contribution in [0.3, 0.4) is 0 Å². The number of nitrogens with one attached hydrogen (secondary N) is 1. The van der Waals surface area contributed by atoms with Gasteiger partial charge in [-0.15, -0.1) is 0 Å². The van der Waals surface area contributed by atoms with Crippen LogP contribution in [0.4, 0.5) is 0 Å². The Balaban J connectivity index is 2.34. The monoisotopic (exact) mass is 215 g/mol. The Bertz CT molecular complexity index is 133. The molecule has 1 aliphatic rings. The van der Waals surface area contributed by atoms with E-state index in [2.05, 4.69) is 18.8 Å². The van der Waals surface area contributed by atoms with Crippen LogP contribution in [0.25, 0.3) is 0 Å². The van der Waals surface area contributed by atoms with Crippen LogP contribution in [0.15, 0.2) is 0 Å². The predicted molar refractivity (Wildman–Crippen MR) is 67.0 cm³/mol. The highest BCUT2D eigenvalue weighted by Gasteiger charge is 2.23. The van der Waals surface area contributed by atoms with Gasteiger partial charge in [0.25, 0.3) is 0 Å². The molecule has 0 aliphatic heterocycles. The van der Waals surface area contributed by atoms with Crippen LogP contribution in [-0.4, -0.2) is 25.2 Å². The maximum atomic E-state index is 3.87. The van der Waals surface area contributed by atoms with E-state index in [-0.39, 0.29) is 0 Å². The average molecular weight is 215 g/mol. The minimum absolute atomic E-state index is 0.540. The van der Waals surface area contributed by atoms with E-state index >= 15 is 0 Å². The molecule has 0 heterocycles. The highest BCUT2D eigenvalue weighted by molar-refractivity contribution is 6.64. The topological polar surface area (TPSA) is 12.0 Å². The van der Waals surface area contributed by atoms with Crippen LogP contribution in [0.1, 0.15) is 46.0 Å². The van der Waals surface area contributed by atoms with Crippen LogP contribution in [0.5, 0.6) is 0 Å². The van der Waals surface area contributed by atoms with Crippen LogP contribution in [-0.2, 0) is 0 Å². The molecule has 0 aromatic rings. The lowest BCUT2D eigenvalue weighted by Crippen LogP contribution is -2.43. The van der Waals surface area contributed by atoms with Gasteiger partial charge in [-0.05, 0) is 11.6 Å². The molecule has 0 bridgehead atoms. The summed E-state index contributed by atoms with van der Waals surface area (Å²) in [7, 11) is 0.870. The number of hydrogen-bond donors (Lipinski definition) is 1. The highest BCUT2D eigenvalue weighted by atomic mass is 28.3. The summed E-state index contributed by atoms with van der Waals surface area (Å²) >= 11 is 0. The van der Waals surface area contributed by atoms with Crippen molar-refractivity contribution in [3.63, 3.8) is 0 Å². The Morgan fingerprint density at radius 3 is 2.38 bits per heavy atom. The van der Waals surface area contributed by atoms with Crippen molar-refractivity contribution in [3.8, 4) is 0 Å². The second-order valence-electron chi connectivity index (χ2n) is 4.73. The molecule has 1 rings (SSSR count). The second kappa shape index (κ2) is 5.99. The zero-order chi connectivity index (χ0) is 9.68. The van der Waals surface area contributed by atoms with Crippen molar-refractivity contribution in [1.82, 2.24) is 4.98 Å². The maximum absolute atomic E-state index is 3.87. The predicted octanol–water partition coefficient (Wildman–Crippen LogP) is 1.37. The second-order valence-corrected chi connectivity index (χ2v) is 10.5. The number of rotatable bonds is 4. The highest BCUT2D eigenvalue weighted by Crippen LogP contribution is 2.31. The third-order valence-electron chi connectivity index (χ3n) is 3.21. The zero-order valence-electron chi connectivity index (χ0n) is 9.47. The quantitative estimate of drug-likeness (QED) is 0.699. The van der Waals surface area contributed by atoms with Crippen molar-refractivity contribution in [1.29, 1.82) is 0 Å². The molecule has 0 saturated heterocycles. The van der Waals surface area contributed by atoms with Gasteiger partial charge in [0.15, 0.2) is 0 Å². The Morgan fingerprint density at radius 1 is 1.31 bits per heavy atom. The molecule has 1 saturated carbocycles. The lowest BCUT2D eigenvalue weighted by molar-refractivity contribution is 0.489. The van der Waals surface area contributed by atoms with Crippen molar-refractivity contribution >= 4 is 19.2 Å². The minimum Gasteiger partial charge on any atom is -0.337 e. The third kappa shape index (κ3) is 3.96. The summed E-state index contributed by atoms with van der Waals surface area (Å²) in [6.07, 6.45) is 7.60. The fourth-order valence-corrected chi connectivity index (χ4v) is 8.57. The van der Waals surface area contributed by atoms with Gasteiger partial charge in [0, 0.05) is 10.2 Å². The fourth-order valence-electron chi connectivity index (χ4n) is 2.55. The van der Waals surface area contributed by atoms with Crippen molar-refractivity contribution in [2.75, 3.05) is 0 Å². The van der Waals surface area contributed by atoms with E-state index in [4.69, 9.17) is 0 Å². The molecule has 0 amide bonds. The first-order valence-electron chi connectivity index (χ1n) is 6.00. The lowest BCUT2D eigenvalue weighted by atomic mass is 10.0. The molecule has 0 aromatic heterocycles. The first-order valence-corrected chi connectivity index (χ1v) is 9.47. The van der Waals surface area contributed by atoms with E-state index in [1.165, 1.54) is 29.5 Å². The summed E-state index contributed by atoms with van der Waals surface area (Å²) in [5, 5.41) is 0. The average Bonchev–Trinajstić information content (AvgIpc) is 2.15. The lowest BCUT2D eigenvalue weighted by Gasteiger charge is -2.30. The van der Waals surface area contributed by atoms with Gasteiger partial charge in [-0.2, -0.15) is 0 Å². The normalized spacial score (nSPS) is 22.4.